The highest BCUT2D eigenvalue weighted by atomic mass is 16.2. The average Bonchev–Trinajstić information content (AvgIpc) is 2.74. The van der Waals surface area contributed by atoms with Crippen LogP contribution >= 0.6 is 0 Å². The van der Waals surface area contributed by atoms with Gasteiger partial charge in [0.25, 0.3) is 5.56 Å². The fourth-order valence-electron chi connectivity index (χ4n) is 3.68. The first-order valence-corrected chi connectivity index (χ1v) is 10.9. The van der Waals surface area contributed by atoms with Crippen LogP contribution in [0, 0.1) is 12.8 Å². The minimum atomic E-state index is -0.311. The number of rotatable bonds is 9. The number of para-hydroxylation sites is 1. The molecule has 0 atom stereocenters. The maximum absolute atomic E-state index is 13.2. The van der Waals surface area contributed by atoms with E-state index in [0.717, 1.165) is 11.1 Å². The predicted molar refractivity (Wildman–Crippen MR) is 124 cm³/mol. The number of hydrogen-bond donors (Lipinski definition) is 1. The molecule has 6 heteroatoms. The molecule has 1 N–H and O–H groups in total. The van der Waals surface area contributed by atoms with E-state index in [1.807, 2.05) is 63.2 Å². The molecule has 0 unspecified atom stereocenters. The zero-order chi connectivity index (χ0) is 22.4. The van der Waals surface area contributed by atoms with Gasteiger partial charge in [0.05, 0.1) is 17.4 Å². The molecule has 3 rings (SSSR count). The normalized spacial score (nSPS) is 11.2. The Morgan fingerprint density at radius 2 is 1.77 bits per heavy atom. The van der Waals surface area contributed by atoms with Crippen LogP contribution in [0.15, 0.2) is 58.1 Å². The summed E-state index contributed by atoms with van der Waals surface area (Å²) < 4.78 is 2.98. The van der Waals surface area contributed by atoms with Gasteiger partial charge in [0.2, 0.25) is 5.91 Å². The minimum Gasteiger partial charge on any atom is -0.356 e. The molecule has 1 aromatic heterocycles. The second kappa shape index (κ2) is 10.2. The molecular formula is C25H31N3O3. The first-order chi connectivity index (χ1) is 14.9. The number of benzene rings is 2. The number of carbonyl (C=O) groups excluding carboxylic acids is 1. The number of nitrogens with zero attached hydrogens (tertiary/aromatic N) is 2. The van der Waals surface area contributed by atoms with E-state index in [9.17, 15) is 14.4 Å². The molecule has 1 heterocycles. The second-order valence-electron chi connectivity index (χ2n) is 8.49. The number of aromatic nitrogens is 2. The number of carbonyl (C=O) groups is 1. The van der Waals surface area contributed by atoms with E-state index in [1.165, 1.54) is 4.57 Å². The second-order valence-corrected chi connectivity index (χ2v) is 8.49. The molecule has 0 saturated heterocycles. The Kier molecular flexibility index (Phi) is 7.45. The minimum absolute atomic E-state index is 0.0106. The molecule has 0 aliphatic rings. The fraction of sp³-hybridized carbons (Fsp3) is 0.400. The lowest BCUT2D eigenvalue weighted by Gasteiger charge is -2.14. The van der Waals surface area contributed by atoms with Crippen molar-refractivity contribution >= 4 is 16.8 Å². The summed E-state index contributed by atoms with van der Waals surface area (Å²) in [6.07, 6.45) is 1.61. The lowest BCUT2D eigenvalue weighted by Crippen LogP contribution is -2.40. The first-order valence-electron chi connectivity index (χ1n) is 10.9. The lowest BCUT2D eigenvalue weighted by atomic mass is 10.1. The van der Waals surface area contributed by atoms with Crippen molar-refractivity contribution in [3.05, 3.63) is 80.5 Å². The van der Waals surface area contributed by atoms with E-state index in [-0.39, 0.29) is 17.2 Å². The molecule has 0 saturated carbocycles. The number of nitrogens with one attached hydrogen (secondary N) is 1. The van der Waals surface area contributed by atoms with Crippen LogP contribution in [0.4, 0.5) is 0 Å². The maximum Gasteiger partial charge on any atom is 0.331 e. The molecule has 0 spiro atoms. The van der Waals surface area contributed by atoms with Gasteiger partial charge in [0.1, 0.15) is 0 Å². The Bertz CT molecular complexity index is 1170. The van der Waals surface area contributed by atoms with E-state index in [2.05, 4.69) is 5.32 Å². The van der Waals surface area contributed by atoms with Gasteiger partial charge in [-0.1, -0.05) is 55.8 Å². The van der Waals surface area contributed by atoms with Gasteiger partial charge < -0.3 is 5.32 Å². The van der Waals surface area contributed by atoms with Crippen LogP contribution in [-0.4, -0.2) is 21.6 Å². The van der Waals surface area contributed by atoms with Crippen molar-refractivity contribution in [1.82, 2.24) is 14.5 Å². The molecule has 0 radical (unpaired) electrons. The topological polar surface area (TPSA) is 73.1 Å². The van der Waals surface area contributed by atoms with Gasteiger partial charge in [0.15, 0.2) is 0 Å². The molecular weight excluding hydrogens is 390 g/mol. The van der Waals surface area contributed by atoms with E-state index in [1.54, 1.807) is 10.6 Å². The number of hydrogen-bond acceptors (Lipinski definition) is 3. The van der Waals surface area contributed by atoms with E-state index < -0.39 is 0 Å². The van der Waals surface area contributed by atoms with Crippen LogP contribution in [0.3, 0.4) is 0 Å². The Hall–Kier alpha value is -3.15. The summed E-state index contributed by atoms with van der Waals surface area (Å²) in [4.78, 5) is 38.1. The maximum atomic E-state index is 13.2. The van der Waals surface area contributed by atoms with Crippen molar-refractivity contribution in [3.63, 3.8) is 0 Å². The van der Waals surface area contributed by atoms with E-state index >= 15 is 0 Å². The Labute approximate surface area is 182 Å². The number of unbranched alkanes of at least 4 members (excludes halogenated alkanes) is 1. The summed E-state index contributed by atoms with van der Waals surface area (Å²) in [5.41, 5.74) is 2.20. The highest BCUT2D eigenvalue weighted by Gasteiger charge is 2.13. The summed E-state index contributed by atoms with van der Waals surface area (Å²) in [7, 11) is 0. The van der Waals surface area contributed by atoms with Crippen molar-refractivity contribution in [2.24, 2.45) is 5.92 Å². The number of amides is 1. The zero-order valence-corrected chi connectivity index (χ0v) is 18.6. The largest absolute Gasteiger partial charge is 0.356 e. The van der Waals surface area contributed by atoms with Crippen LogP contribution < -0.4 is 16.6 Å². The van der Waals surface area contributed by atoms with Gasteiger partial charge in [-0.3, -0.25) is 18.7 Å². The van der Waals surface area contributed by atoms with Gasteiger partial charge >= 0.3 is 5.69 Å². The highest BCUT2D eigenvalue weighted by Crippen LogP contribution is 2.12. The molecule has 0 aliphatic carbocycles. The molecule has 0 fully saturated rings. The molecule has 31 heavy (non-hydrogen) atoms. The Morgan fingerprint density at radius 1 is 1.00 bits per heavy atom. The van der Waals surface area contributed by atoms with Crippen LogP contribution in [-0.2, 0) is 17.9 Å². The molecule has 1 amide bonds. The zero-order valence-electron chi connectivity index (χ0n) is 18.6. The fourth-order valence-corrected chi connectivity index (χ4v) is 3.68. The van der Waals surface area contributed by atoms with Crippen LogP contribution in [0.5, 0.6) is 0 Å². The third kappa shape index (κ3) is 5.72. The van der Waals surface area contributed by atoms with Gasteiger partial charge in [-0.25, -0.2) is 4.79 Å². The molecule has 3 aromatic rings. The number of fused-ring (bicyclic) bond motifs is 1. The predicted octanol–water partition coefficient (Wildman–Crippen LogP) is 3.46. The monoisotopic (exact) mass is 421 g/mol. The van der Waals surface area contributed by atoms with Crippen molar-refractivity contribution in [2.75, 3.05) is 6.54 Å². The van der Waals surface area contributed by atoms with Crippen molar-refractivity contribution in [3.8, 4) is 0 Å². The summed E-state index contributed by atoms with van der Waals surface area (Å²) in [5, 5.41) is 3.43. The highest BCUT2D eigenvalue weighted by molar-refractivity contribution is 5.78. The third-order valence-corrected chi connectivity index (χ3v) is 5.30. The van der Waals surface area contributed by atoms with E-state index in [4.69, 9.17) is 0 Å². The van der Waals surface area contributed by atoms with Gasteiger partial charge in [-0.05, 0) is 43.4 Å². The van der Waals surface area contributed by atoms with Gasteiger partial charge in [0, 0.05) is 19.5 Å². The van der Waals surface area contributed by atoms with E-state index in [0.29, 0.717) is 55.7 Å². The summed E-state index contributed by atoms with van der Waals surface area (Å²) in [5.74, 6) is 0.420. The smallest absolute Gasteiger partial charge is 0.331 e. The molecule has 2 aromatic carbocycles. The van der Waals surface area contributed by atoms with Crippen molar-refractivity contribution in [1.29, 1.82) is 0 Å². The van der Waals surface area contributed by atoms with Crippen LogP contribution in [0.2, 0.25) is 0 Å². The summed E-state index contributed by atoms with van der Waals surface area (Å²) >= 11 is 0. The lowest BCUT2D eigenvalue weighted by molar-refractivity contribution is -0.121. The summed E-state index contributed by atoms with van der Waals surface area (Å²) in [6.45, 7) is 7.48. The first kappa shape index (κ1) is 22.5. The Balaban J connectivity index is 1.82. The van der Waals surface area contributed by atoms with Gasteiger partial charge in [-0.15, -0.1) is 0 Å². The average molecular weight is 422 g/mol. The third-order valence-electron chi connectivity index (χ3n) is 5.30. The van der Waals surface area contributed by atoms with Crippen LogP contribution in [0.25, 0.3) is 10.9 Å². The molecule has 0 aliphatic heterocycles. The molecule has 164 valence electrons. The number of aryl methyl sites for hydroxylation is 1. The van der Waals surface area contributed by atoms with Crippen molar-refractivity contribution < 1.29 is 4.79 Å². The Morgan fingerprint density at radius 3 is 2.52 bits per heavy atom. The van der Waals surface area contributed by atoms with Crippen LogP contribution in [0.1, 0.15) is 44.2 Å². The quantitative estimate of drug-likeness (QED) is 0.538. The summed E-state index contributed by atoms with van der Waals surface area (Å²) in [6, 6.07) is 15.3. The van der Waals surface area contributed by atoms with Crippen molar-refractivity contribution in [2.45, 2.75) is 53.1 Å². The SMILES string of the molecule is Cc1cccc(Cn2c(=O)n(CCCCC(=O)NCC(C)C)c(=O)c3ccccc32)c1. The molecule has 0 bridgehead atoms. The molecule has 6 nitrogen and oxygen atoms in total. The van der Waals surface area contributed by atoms with Gasteiger partial charge in [-0.2, -0.15) is 0 Å². The standard InChI is InChI=1S/C25H31N3O3/c1-18(2)16-26-23(29)13-6-7-14-27-24(30)21-11-4-5-12-22(21)28(25(27)31)17-20-10-8-9-19(3)15-20/h4-5,8-12,15,18H,6-7,13-14,16-17H2,1-3H3,(H,26,29).